The van der Waals surface area contributed by atoms with Crippen molar-refractivity contribution in [2.75, 3.05) is 0 Å². The quantitative estimate of drug-likeness (QED) is 0.778. The lowest BCUT2D eigenvalue weighted by Gasteiger charge is -2.26. The number of rotatable bonds is 2. The van der Waals surface area contributed by atoms with E-state index >= 15 is 0 Å². The van der Waals surface area contributed by atoms with Crippen molar-refractivity contribution in [1.82, 2.24) is 9.55 Å². The zero-order chi connectivity index (χ0) is 13.4. The van der Waals surface area contributed by atoms with E-state index in [2.05, 4.69) is 41.6 Å². The van der Waals surface area contributed by atoms with Crippen molar-refractivity contribution in [2.45, 2.75) is 46.1 Å². The third-order valence-electron chi connectivity index (χ3n) is 4.51. The summed E-state index contributed by atoms with van der Waals surface area (Å²) in [7, 11) is 0. The topological polar surface area (TPSA) is 20.7 Å². The molecule has 1 fully saturated rings. The van der Waals surface area contributed by atoms with E-state index in [1.54, 1.807) is 0 Å². The van der Waals surface area contributed by atoms with E-state index in [1.165, 1.54) is 42.3 Å². The lowest BCUT2D eigenvalue weighted by Crippen LogP contribution is -2.17. The molecule has 102 valence electrons. The molecule has 1 aliphatic carbocycles. The Labute approximate surface area is 119 Å². The number of imidazole rings is 1. The number of hydrogen-bond acceptors (Lipinski definition) is 1. The molecule has 3 heteroatoms. The van der Waals surface area contributed by atoms with Crippen molar-refractivity contribution in [2.24, 2.45) is 11.8 Å². The number of benzene rings is 1. The number of aromatic nitrogens is 2. The van der Waals surface area contributed by atoms with Crippen LogP contribution < -0.4 is 0 Å². The summed E-state index contributed by atoms with van der Waals surface area (Å²) >= 11 is 5.50. The van der Waals surface area contributed by atoms with Gasteiger partial charge in [-0.2, -0.15) is 0 Å². The highest BCUT2D eigenvalue weighted by Crippen LogP contribution is 2.30. The summed E-state index contributed by atoms with van der Waals surface area (Å²) in [5.41, 5.74) is 3.71. The molecule has 1 aromatic carbocycles. The van der Waals surface area contributed by atoms with Crippen LogP contribution >= 0.6 is 12.2 Å². The monoisotopic (exact) mass is 274 g/mol. The lowest BCUT2D eigenvalue weighted by molar-refractivity contribution is 0.266. The van der Waals surface area contributed by atoms with Gasteiger partial charge in [0, 0.05) is 6.54 Å². The van der Waals surface area contributed by atoms with Crippen LogP contribution in [0.15, 0.2) is 18.2 Å². The average molecular weight is 274 g/mol. The first kappa shape index (κ1) is 12.9. The van der Waals surface area contributed by atoms with E-state index in [4.69, 9.17) is 12.2 Å². The minimum absolute atomic E-state index is 0.795. The number of aromatic amines is 1. The minimum atomic E-state index is 0.795. The Morgan fingerprint density at radius 3 is 2.74 bits per heavy atom. The van der Waals surface area contributed by atoms with Crippen LogP contribution in [0, 0.1) is 23.5 Å². The molecule has 0 aliphatic heterocycles. The standard InChI is InChI=1S/C16H22N2S/c1-11-3-6-13(7-4-11)10-18-15-8-5-12(2)9-14(15)17-16(18)19/h5,8-9,11,13H,3-4,6-7,10H2,1-2H3,(H,17,19). The molecule has 0 radical (unpaired) electrons. The van der Waals surface area contributed by atoms with E-state index in [-0.39, 0.29) is 0 Å². The Morgan fingerprint density at radius 1 is 1.26 bits per heavy atom. The maximum Gasteiger partial charge on any atom is 0.178 e. The summed E-state index contributed by atoms with van der Waals surface area (Å²) < 4.78 is 3.17. The van der Waals surface area contributed by atoms with Crippen LogP contribution in [0.25, 0.3) is 11.0 Å². The van der Waals surface area contributed by atoms with E-state index in [1.807, 2.05) is 0 Å². The van der Waals surface area contributed by atoms with E-state index in [9.17, 15) is 0 Å². The van der Waals surface area contributed by atoms with Crippen molar-refractivity contribution >= 4 is 23.3 Å². The molecule has 2 aromatic rings. The first-order valence-corrected chi connectivity index (χ1v) is 7.73. The van der Waals surface area contributed by atoms with Crippen LogP contribution in [0.4, 0.5) is 0 Å². The highest BCUT2D eigenvalue weighted by molar-refractivity contribution is 7.71. The molecule has 0 atom stereocenters. The zero-order valence-electron chi connectivity index (χ0n) is 11.8. The summed E-state index contributed by atoms with van der Waals surface area (Å²) in [6.45, 7) is 5.57. The van der Waals surface area contributed by atoms with Crippen LogP contribution in [0.2, 0.25) is 0 Å². The molecule has 1 aromatic heterocycles. The minimum Gasteiger partial charge on any atom is -0.331 e. The largest absolute Gasteiger partial charge is 0.331 e. The summed E-state index contributed by atoms with van der Waals surface area (Å²) in [5, 5.41) is 0. The normalized spacial score (nSPS) is 23.9. The van der Waals surface area contributed by atoms with E-state index < -0.39 is 0 Å². The van der Waals surface area contributed by atoms with Crippen LogP contribution in [0.5, 0.6) is 0 Å². The van der Waals surface area contributed by atoms with Gasteiger partial charge in [0.05, 0.1) is 11.0 Å². The first-order chi connectivity index (χ1) is 9.13. The summed E-state index contributed by atoms with van der Waals surface area (Å²) in [6.07, 6.45) is 5.45. The Bertz CT molecular complexity index is 630. The summed E-state index contributed by atoms with van der Waals surface area (Å²) in [5.74, 6) is 1.71. The van der Waals surface area contributed by atoms with Gasteiger partial charge in [0.1, 0.15) is 0 Å². The second kappa shape index (κ2) is 5.12. The van der Waals surface area contributed by atoms with Crippen molar-refractivity contribution in [3.63, 3.8) is 0 Å². The highest BCUT2D eigenvalue weighted by Gasteiger charge is 2.19. The summed E-state index contributed by atoms with van der Waals surface area (Å²) in [4.78, 5) is 3.34. The number of nitrogens with one attached hydrogen (secondary N) is 1. The third-order valence-corrected chi connectivity index (χ3v) is 4.83. The van der Waals surface area contributed by atoms with Gasteiger partial charge in [0.15, 0.2) is 4.77 Å². The Kier molecular flexibility index (Phi) is 3.48. The van der Waals surface area contributed by atoms with Gasteiger partial charge in [-0.3, -0.25) is 0 Å². The maximum atomic E-state index is 5.50. The molecule has 0 saturated heterocycles. The smallest absolute Gasteiger partial charge is 0.178 e. The van der Waals surface area contributed by atoms with Crippen LogP contribution in [-0.4, -0.2) is 9.55 Å². The van der Waals surface area contributed by atoms with Gasteiger partial charge in [0.25, 0.3) is 0 Å². The maximum absolute atomic E-state index is 5.50. The number of H-pyrrole nitrogens is 1. The zero-order valence-corrected chi connectivity index (χ0v) is 12.6. The Balaban J connectivity index is 1.88. The number of hydrogen-bond donors (Lipinski definition) is 1. The van der Waals surface area contributed by atoms with Crippen molar-refractivity contribution in [3.05, 3.63) is 28.5 Å². The second-order valence-electron chi connectivity index (χ2n) is 6.19. The SMILES string of the molecule is Cc1ccc2c(c1)[nH]c(=S)n2CC1CCC(C)CC1. The summed E-state index contributed by atoms with van der Waals surface area (Å²) in [6, 6.07) is 6.55. The van der Waals surface area contributed by atoms with Crippen molar-refractivity contribution in [1.29, 1.82) is 0 Å². The second-order valence-corrected chi connectivity index (χ2v) is 6.57. The van der Waals surface area contributed by atoms with Crippen molar-refractivity contribution < 1.29 is 0 Å². The fourth-order valence-electron chi connectivity index (χ4n) is 3.23. The van der Waals surface area contributed by atoms with Gasteiger partial charge in [-0.1, -0.05) is 25.8 Å². The molecule has 0 spiro atoms. The van der Waals surface area contributed by atoms with Gasteiger partial charge in [-0.25, -0.2) is 0 Å². The molecular weight excluding hydrogens is 252 g/mol. The molecule has 0 unspecified atom stereocenters. The van der Waals surface area contributed by atoms with Crippen molar-refractivity contribution in [3.8, 4) is 0 Å². The van der Waals surface area contributed by atoms with Crippen LogP contribution in [0.3, 0.4) is 0 Å². The van der Waals surface area contributed by atoms with Gasteiger partial charge in [0.2, 0.25) is 0 Å². The fourth-order valence-corrected chi connectivity index (χ4v) is 3.51. The van der Waals surface area contributed by atoms with Gasteiger partial charge >= 0.3 is 0 Å². The highest BCUT2D eigenvalue weighted by atomic mass is 32.1. The predicted molar refractivity (Wildman–Crippen MR) is 83.0 cm³/mol. The van der Waals surface area contributed by atoms with E-state index in [0.29, 0.717) is 0 Å². The number of nitrogens with zero attached hydrogens (tertiary/aromatic N) is 1. The lowest BCUT2D eigenvalue weighted by atomic mass is 9.83. The molecule has 0 amide bonds. The first-order valence-electron chi connectivity index (χ1n) is 7.32. The molecule has 1 heterocycles. The van der Waals surface area contributed by atoms with Crippen LogP contribution in [-0.2, 0) is 6.54 Å². The molecule has 1 N–H and O–H groups in total. The van der Waals surface area contributed by atoms with Gasteiger partial charge < -0.3 is 9.55 Å². The van der Waals surface area contributed by atoms with Gasteiger partial charge in [-0.05, 0) is 61.5 Å². The Morgan fingerprint density at radius 2 is 2.00 bits per heavy atom. The molecular formula is C16H22N2S. The number of aryl methyl sites for hydroxylation is 1. The fraction of sp³-hybridized carbons (Fsp3) is 0.562. The third kappa shape index (κ3) is 2.62. The molecule has 0 bridgehead atoms. The molecule has 2 nitrogen and oxygen atoms in total. The van der Waals surface area contributed by atoms with Gasteiger partial charge in [-0.15, -0.1) is 0 Å². The Hall–Kier alpha value is -1.09. The molecule has 3 rings (SSSR count). The van der Waals surface area contributed by atoms with E-state index in [0.717, 1.165) is 23.2 Å². The van der Waals surface area contributed by atoms with Crippen LogP contribution in [0.1, 0.15) is 38.2 Å². The molecule has 19 heavy (non-hydrogen) atoms. The molecule has 1 saturated carbocycles. The number of fused-ring (bicyclic) bond motifs is 1. The predicted octanol–water partition coefficient (Wildman–Crippen LogP) is 4.83. The average Bonchev–Trinajstić information content (AvgIpc) is 2.68. The molecule has 1 aliphatic rings.